The molecule has 4 nitrogen and oxygen atoms in total. The molecular weight excluding hydrogens is 268 g/mol. The molecule has 0 aromatic heterocycles. The average Bonchev–Trinajstić information content (AvgIpc) is 2.53. The van der Waals surface area contributed by atoms with Gasteiger partial charge in [-0.1, -0.05) is 24.3 Å². The molecule has 1 aliphatic rings. The van der Waals surface area contributed by atoms with E-state index in [0.717, 1.165) is 25.7 Å². The lowest BCUT2D eigenvalue weighted by molar-refractivity contribution is -0.146. The summed E-state index contributed by atoms with van der Waals surface area (Å²) in [5, 5.41) is 0. The molecule has 0 atom stereocenters. The topological polar surface area (TPSA) is 60.4 Å². The molecule has 0 radical (unpaired) electrons. The van der Waals surface area contributed by atoms with Crippen LogP contribution in [0.2, 0.25) is 0 Å². The van der Waals surface area contributed by atoms with Gasteiger partial charge in [0.25, 0.3) is 0 Å². The lowest BCUT2D eigenvalue weighted by Crippen LogP contribution is -2.22. The van der Waals surface area contributed by atoms with Crippen molar-refractivity contribution in [3.8, 4) is 0 Å². The number of methoxy groups -OCH3 is 1. The molecule has 1 aromatic rings. The van der Waals surface area contributed by atoms with Crippen LogP contribution in [0.4, 0.5) is 0 Å². The SMILES string of the molecule is COC(=O)C1CCC(c2ccc(C(=O)C(C)=O)cc2)CC1. The summed E-state index contributed by atoms with van der Waals surface area (Å²) in [6.07, 6.45) is 3.57. The van der Waals surface area contributed by atoms with Crippen LogP contribution in [0.15, 0.2) is 24.3 Å². The standard InChI is InChI=1S/C17H20O4/c1-11(18)16(19)14-7-3-12(4-8-14)13-5-9-15(10-6-13)17(20)21-2/h3-4,7-8,13,15H,5-6,9-10H2,1-2H3. The average molecular weight is 288 g/mol. The maximum absolute atomic E-state index is 11.6. The third-order valence-corrected chi connectivity index (χ3v) is 4.23. The van der Waals surface area contributed by atoms with Gasteiger partial charge in [0, 0.05) is 12.5 Å². The summed E-state index contributed by atoms with van der Waals surface area (Å²) in [7, 11) is 1.43. The zero-order valence-corrected chi connectivity index (χ0v) is 12.4. The Hall–Kier alpha value is -1.97. The van der Waals surface area contributed by atoms with Crippen molar-refractivity contribution < 1.29 is 19.1 Å². The van der Waals surface area contributed by atoms with Crippen molar-refractivity contribution in [1.29, 1.82) is 0 Å². The molecule has 0 unspecified atom stereocenters. The summed E-state index contributed by atoms with van der Waals surface area (Å²) in [4.78, 5) is 34.1. The third-order valence-electron chi connectivity index (χ3n) is 4.23. The van der Waals surface area contributed by atoms with Crippen LogP contribution in [-0.2, 0) is 14.3 Å². The first-order chi connectivity index (χ1) is 10.0. The molecule has 0 heterocycles. The fourth-order valence-corrected chi connectivity index (χ4v) is 2.94. The van der Waals surface area contributed by atoms with E-state index in [9.17, 15) is 14.4 Å². The molecule has 2 rings (SSSR count). The van der Waals surface area contributed by atoms with Crippen molar-refractivity contribution >= 4 is 17.5 Å². The third kappa shape index (κ3) is 3.57. The molecule has 0 spiro atoms. The first-order valence-corrected chi connectivity index (χ1v) is 7.26. The van der Waals surface area contributed by atoms with Gasteiger partial charge in [-0.3, -0.25) is 14.4 Å². The predicted molar refractivity (Wildman–Crippen MR) is 78.2 cm³/mol. The van der Waals surface area contributed by atoms with Crippen molar-refractivity contribution in [1.82, 2.24) is 0 Å². The molecule has 0 saturated heterocycles. The number of carbonyl (C=O) groups excluding carboxylic acids is 3. The predicted octanol–water partition coefficient (Wildman–Crippen LogP) is 2.91. The van der Waals surface area contributed by atoms with Crippen molar-refractivity contribution in [2.75, 3.05) is 7.11 Å². The van der Waals surface area contributed by atoms with E-state index in [-0.39, 0.29) is 11.9 Å². The van der Waals surface area contributed by atoms with E-state index < -0.39 is 11.6 Å². The van der Waals surface area contributed by atoms with Gasteiger partial charge in [-0.2, -0.15) is 0 Å². The van der Waals surface area contributed by atoms with E-state index in [1.54, 1.807) is 12.1 Å². The summed E-state index contributed by atoms with van der Waals surface area (Å²) in [5.74, 6) is -0.578. The number of esters is 1. The van der Waals surface area contributed by atoms with Crippen LogP contribution in [0.25, 0.3) is 0 Å². The van der Waals surface area contributed by atoms with Crippen molar-refractivity contribution in [2.45, 2.75) is 38.5 Å². The first kappa shape index (κ1) is 15.4. The first-order valence-electron chi connectivity index (χ1n) is 7.26. The van der Waals surface area contributed by atoms with E-state index in [0.29, 0.717) is 11.5 Å². The zero-order chi connectivity index (χ0) is 15.4. The fourth-order valence-electron chi connectivity index (χ4n) is 2.94. The van der Waals surface area contributed by atoms with Crippen molar-refractivity contribution in [3.63, 3.8) is 0 Å². The minimum absolute atomic E-state index is 0.0183. The van der Waals surface area contributed by atoms with Gasteiger partial charge in [0.2, 0.25) is 5.78 Å². The van der Waals surface area contributed by atoms with Crippen molar-refractivity contribution in [3.05, 3.63) is 35.4 Å². The summed E-state index contributed by atoms with van der Waals surface area (Å²) in [6.45, 7) is 1.28. The Morgan fingerprint density at radius 2 is 1.57 bits per heavy atom. The van der Waals surface area contributed by atoms with Crippen LogP contribution < -0.4 is 0 Å². The van der Waals surface area contributed by atoms with E-state index in [4.69, 9.17) is 4.74 Å². The maximum atomic E-state index is 11.6. The summed E-state index contributed by atoms with van der Waals surface area (Å²) in [5.41, 5.74) is 1.60. The van der Waals surface area contributed by atoms with Gasteiger partial charge in [-0.25, -0.2) is 0 Å². The molecule has 0 N–H and O–H groups in total. The van der Waals surface area contributed by atoms with Crippen LogP contribution in [0.5, 0.6) is 0 Å². The highest BCUT2D eigenvalue weighted by atomic mass is 16.5. The molecule has 1 fully saturated rings. The summed E-state index contributed by atoms with van der Waals surface area (Å²) in [6, 6.07) is 7.26. The van der Waals surface area contributed by atoms with Gasteiger partial charge in [0.1, 0.15) is 0 Å². The minimum atomic E-state index is -0.448. The Balaban J connectivity index is 1.99. The number of Topliss-reactive ketones (excluding diaryl/α,β-unsaturated/α-hetero) is 2. The van der Waals surface area contributed by atoms with E-state index >= 15 is 0 Å². The molecule has 1 saturated carbocycles. The number of benzene rings is 1. The lowest BCUT2D eigenvalue weighted by atomic mass is 9.78. The minimum Gasteiger partial charge on any atom is -0.469 e. The van der Waals surface area contributed by atoms with Crippen LogP contribution in [-0.4, -0.2) is 24.6 Å². The van der Waals surface area contributed by atoms with Gasteiger partial charge in [-0.15, -0.1) is 0 Å². The number of hydrogen-bond donors (Lipinski definition) is 0. The zero-order valence-electron chi connectivity index (χ0n) is 12.4. The largest absolute Gasteiger partial charge is 0.469 e. The van der Waals surface area contributed by atoms with Gasteiger partial charge in [0.15, 0.2) is 5.78 Å². The Labute approximate surface area is 124 Å². The molecule has 1 aliphatic carbocycles. The fraction of sp³-hybridized carbons (Fsp3) is 0.471. The molecule has 1 aromatic carbocycles. The number of ketones is 2. The van der Waals surface area contributed by atoms with Crippen molar-refractivity contribution in [2.24, 2.45) is 5.92 Å². The second-order valence-corrected chi connectivity index (χ2v) is 5.58. The Kier molecular flexibility index (Phi) is 4.89. The van der Waals surface area contributed by atoms with Crippen LogP contribution in [0.1, 0.15) is 54.4 Å². The monoisotopic (exact) mass is 288 g/mol. The van der Waals surface area contributed by atoms with Crippen LogP contribution in [0.3, 0.4) is 0 Å². The number of hydrogen-bond acceptors (Lipinski definition) is 4. The molecule has 0 aliphatic heterocycles. The Morgan fingerprint density at radius 1 is 1.00 bits per heavy atom. The molecule has 0 amide bonds. The Bertz CT molecular complexity index is 536. The molecule has 112 valence electrons. The molecule has 21 heavy (non-hydrogen) atoms. The molecular formula is C17H20O4. The Morgan fingerprint density at radius 3 is 2.05 bits per heavy atom. The summed E-state index contributed by atoms with van der Waals surface area (Å²) < 4.78 is 4.79. The highest BCUT2D eigenvalue weighted by molar-refractivity contribution is 6.42. The second-order valence-electron chi connectivity index (χ2n) is 5.58. The van der Waals surface area contributed by atoms with E-state index in [1.807, 2.05) is 12.1 Å². The van der Waals surface area contributed by atoms with Gasteiger partial charge in [0.05, 0.1) is 13.0 Å². The number of ether oxygens (including phenoxy) is 1. The van der Waals surface area contributed by atoms with Gasteiger partial charge >= 0.3 is 5.97 Å². The smallest absolute Gasteiger partial charge is 0.308 e. The highest BCUT2D eigenvalue weighted by Crippen LogP contribution is 2.36. The van der Waals surface area contributed by atoms with Crippen LogP contribution in [0, 0.1) is 5.92 Å². The lowest BCUT2D eigenvalue weighted by Gasteiger charge is -2.27. The number of carbonyl (C=O) groups is 3. The maximum Gasteiger partial charge on any atom is 0.308 e. The van der Waals surface area contributed by atoms with E-state index in [2.05, 4.69) is 0 Å². The van der Waals surface area contributed by atoms with Crippen LogP contribution >= 0.6 is 0 Å². The van der Waals surface area contributed by atoms with Gasteiger partial charge in [-0.05, 0) is 37.2 Å². The normalized spacial score (nSPS) is 21.6. The van der Waals surface area contributed by atoms with E-state index in [1.165, 1.54) is 19.6 Å². The quantitative estimate of drug-likeness (QED) is 0.485. The second kappa shape index (κ2) is 6.66. The summed E-state index contributed by atoms with van der Waals surface area (Å²) >= 11 is 0. The highest BCUT2D eigenvalue weighted by Gasteiger charge is 2.27. The molecule has 0 bridgehead atoms. The molecule has 4 heteroatoms. The number of rotatable bonds is 4. The van der Waals surface area contributed by atoms with Gasteiger partial charge < -0.3 is 4.74 Å².